The van der Waals surface area contributed by atoms with E-state index in [0.29, 0.717) is 12.1 Å². The predicted octanol–water partition coefficient (Wildman–Crippen LogP) is 4.57. The third-order valence-corrected chi connectivity index (χ3v) is 5.20. The number of benzene rings is 1. The summed E-state index contributed by atoms with van der Waals surface area (Å²) in [6.45, 7) is 4.56. The first-order chi connectivity index (χ1) is 12.6. The van der Waals surface area contributed by atoms with Crippen molar-refractivity contribution in [3.63, 3.8) is 0 Å². The summed E-state index contributed by atoms with van der Waals surface area (Å²) in [5.74, 6) is -0.0558. The molecule has 0 aliphatic heterocycles. The predicted molar refractivity (Wildman–Crippen MR) is 107 cm³/mol. The standard InChI is InChI=1S/C21H23N3OS/c1-15-14-26-20(23-15)10-6-7-13-22-21(25)18-11-12-19(24-16(18)2)17-8-4-3-5-9-17/h3-5,8-9,11-12,14H,6-7,10,13H2,1-2H3,(H,22,25). The Morgan fingerprint density at radius 1 is 1.04 bits per heavy atom. The van der Waals surface area contributed by atoms with E-state index in [2.05, 4.69) is 20.7 Å². The largest absolute Gasteiger partial charge is 0.352 e. The van der Waals surface area contributed by atoms with E-state index >= 15 is 0 Å². The zero-order valence-corrected chi connectivity index (χ0v) is 16.0. The molecular formula is C21H23N3OS. The van der Waals surface area contributed by atoms with Crippen LogP contribution in [0.2, 0.25) is 0 Å². The van der Waals surface area contributed by atoms with Crippen LogP contribution in [-0.4, -0.2) is 22.4 Å². The van der Waals surface area contributed by atoms with Gasteiger partial charge in [0.15, 0.2) is 0 Å². The molecule has 0 fully saturated rings. The topological polar surface area (TPSA) is 54.9 Å². The van der Waals surface area contributed by atoms with E-state index in [1.165, 1.54) is 5.01 Å². The van der Waals surface area contributed by atoms with E-state index in [4.69, 9.17) is 0 Å². The lowest BCUT2D eigenvalue weighted by atomic mass is 10.1. The zero-order chi connectivity index (χ0) is 18.4. The third kappa shape index (κ3) is 4.76. The number of unbranched alkanes of at least 4 members (excludes halogenated alkanes) is 1. The van der Waals surface area contributed by atoms with E-state index in [1.54, 1.807) is 11.3 Å². The van der Waals surface area contributed by atoms with Gasteiger partial charge in [0.25, 0.3) is 5.91 Å². The number of amides is 1. The minimum atomic E-state index is -0.0558. The van der Waals surface area contributed by atoms with Crippen LogP contribution >= 0.6 is 11.3 Å². The van der Waals surface area contributed by atoms with Crippen LogP contribution in [0.15, 0.2) is 47.8 Å². The first kappa shape index (κ1) is 18.3. The number of aryl methyl sites for hydroxylation is 3. The average Bonchev–Trinajstić information content (AvgIpc) is 3.07. The van der Waals surface area contributed by atoms with Crippen LogP contribution in [0.1, 0.15) is 39.6 Å². The molecule has 5 heteroatoms. The quantitative estimate of drug-likeness (QED) is 0.624. The second kappa shape index (κ2) is 8.72. The lowest BCUT2D eigenvalue weighted by Gasteiger charge is -2.09. The van der Waals surface area contributed by atoms with E-state index in [1.807, 2.05) is 56.3 Å². The Hall–Kier alpha value is -2.53. The number of pyridine rings is 1. The zero-order valence-electron chi connectivity index (χ0n) is 15.2. The van der Waals surface area contributed by atoms with Crippen molar-refractivity contribution in [3.8, 4) is 11.3 Å². The second-order valence-corrected chi connectivity index (χ2v) is 7.23. The van der Waals surface area contributed by atoms with Crippen molar-refractivity contribution in [1.82, 2.24) is 15.3 Å². The molecule has 134 valence electrons. The number of rotatable bonds is 7. The fourth-order valence-electron chi connectivity index (χ4n) is 2.79. The molecule has 1 aromatic carbocycles. The van der Waals surface area contributed by atoms with E-state index in [-0.39, 0.29) is 5.91 Å². The number of carbonyl (C=O) groups is 1. The maximum Gasteiger partial charge on any atom is 0.253 e. The Bertz CT molecular complexity index is 874. The normalized spacial score (nSPS) is 10.7. The number of aromatic nitrogens is 2. The molecule has 0 bridgehead atoms. The van der Waals surface area contributed by atoms with Crippen molar-refractivity contribution in [1.29, 1.82) is 0 Å². The third-order valence-electron chi connectivity index (χ3n) is 4.17. The summed E-state index contributed by atoms with van der Waals surface area (Å²) < 4.78 is 0. The molecule has 0 saturated carbocycles. The van der Waals surface area contributed by atoms with Crippen LogP contribution in [-0.2, 0) is 6.42 Å². The molecule has 2 heterocycles. The molecule has 0 radical (unpaired) electrons. The van der Waals surface area contributed by atoms with Gasteiger partial charge in [0.2, 0.25) is 0 Å². The molecule has 2 aromatic heterocycles. The van der Waals surface area contributed by atoms with Gasteiger partial charge >= 0.3 is 0 Å². The Kier molecular flexibility index (Phi) is 6.12. The lowest BCUT2D eigenvalue weighted by molar-refractivity contribution is 0.0952. The number of carbonyl (C=O) groups excluding carboxylic acids is 1. The molecule has 0 aliphatic carbocycles. The summed E-state index contributed by atoms with van der Waals surface area (Å²) in [5, 5.41) is 6.24. The average molecular weight is 366 g/mol. The number of hydrogen-bond acceptors (Lipinski definition) is 4. The van der Waals surface area contributed by atoms with Crippen LogP contribution in [0, 0.1) is 13.8 Å². The summed E-state index contributed by atoms with van der Waals surface area (Å²) >= 11 is 1.71. The van der Waals surface area contributed by atoms with Crippen molar-refractivity contribution in [2.75, 3.05) is 6.54 Å². The highest BCUT2D eigenvalue weighted by Gasteiger charge is 2.11. The van der Waals surface area contributed by atoms with Crippen molar-refractivity contribution < 1.29 is 4.79 Å². The van der Waals surface area contributed by atoms with Crippen molar-refractivity contribution in [2.45, 2.75) is 33.1 Å². The maximum absolute atomic E-state index is 12.4. The highest BCUT2D eigenvalue weighted by Crippen LogP contribution is 2.18. The summed E-state index contributed by atoms with van der Waals surface area (Å²) in [7, 11) is 0. The fraction of sp³-hybridized carbons (Fsp3) is 0.286. The van der Waals surface area contributed by atoms with E-state index < -0.39 is 0 Å². The van der Waals surface area contributed by atoms with Gasteiger partial charge in [-0.05, 0) is 45.2 Å². The van der Waals surface area contributed by atoms with Crippen LogP contribution in [0.4, 0.5) is 0 Å². The number of hydrogen-bond donors (Lipinski definition) is 1. The van der Waals surface area contributed by atoms with Crippen LogP contribution in [0.25, 0.3) is 11.3 Å². The Morgan fingerprint density at radius 2 is 1.85 bits per heavy atom. The van der Waals surface area contributed by atoms with Crippen LogP contribution < -0.4 is 5.32 Å². The van der Waals surface area contributed by atoms with Gasteiger partial charge in [0.05, 0.1) is 22.0 Å². The van der Waals surface area contributed by atoms with Crippen molar-refractivity contribution >= 4 is 17.2 Å². The van der Waals surface area contributed by atoms with Gasteiger partial charge in [-0.2, -0.15) is 0 Å². The monoisotopic (exact) mass is 365 g/mol. The van der Waals surface area contributed by atoms with Crippen LogP contribution in [0.5, 0.6) is 0 Å². The molecular weight excluding hydrogens is 342 g/mol. The highest BCUT2D eigenvalue weighted by molar-refractivity contribution is 7.09. The van der Waals surface area contributed by atoms with E-state index in [0.717, 1.165) is 41.9 Å². The van der Waals surface area contributed by atoms with Gasteiger partial charge in [0, 0.05) is 23.2 Å². The summed E-state index contributed by atoms with van der Waals surface area (Å²) in [4.78, 5) is 21.4. The lowest BCUT2D eigenvalue weighted by Crippen LogP contribution is -2.25. The molecule has 0 atom stereocenters. The smallest absolute Gasteiger partial charge is 0.253 e. The first-order valence-electron chi connectivity index (χ1n) is 8.86. The van der Waals surface area contributed by atoms with Crippen molar-refractivity contribution in [2.24, 2.45) is 0 Å². The van der Waals surface area contributed by atoms with Crippen LogP contribution in [0.3, 0.4) is 0 Å². The minimum absolute atomic E-state index is 0.0558. The molecule has 0 spiro atoms. The Balaban J connectivity index is 1.50. The molecule has 1 amide bonds. The van der Waals surface area contributed by atoms with Gasteiger partial charge < -0.3 is 5.32 Å². The summed E-state index contributed by atoms with van der Waals surface area (Å²) in [5.41, 5.74) is 4.42. The summed E-state index contributed by atoms with van der Waals surface area (Å²) in [6, 6.07) is 13.8. The van der Waals surface area contributed by atoms with Gasteiger partial charge in [-0.25, -0.2) is 4.98 Å². The molecule has 26 heavy (non-hydrogen) atoms. The van der Waals surface area contributed by atoms with Gasteiger partial charge in [0.1, 0.15) is 0 Å². The number of nitrogens with one attached hydrogen (secondary N) is 1. The van der Waals surface area contributed by atoms with Gasteiger partial charge in [-0.15, -0.1) is 11.3 Å². The second-order valence-electron chi connectivity index (χ2n) is 6.29. The first-order valence-corrected chi connectivity index (χ1v) is 9.74. The van der Waals surface area contributed by atoms with Gasteiger partial charge in [-0.3, -0.25) is 9.78 Å². The van der Waals surface area contributed by atoms with Gasteiger partial charge in [-0.1, -0.05) is 30.3 Å². The van der Waals surface area contributed by atoms with Crippen molar-refractivity contribution in [3.05, 3.63) is 69.8 Å². The fourth-order valence-corrected chi connectivity index (χ4v) is 3.60. The minimum Gasteiger partial charge on any atom is -0.352 e. The maximum atomic E-state index is 12.4. The highest BCUT2D eigenvalue weighted by atomic mass is 32.1. The number of thiazole rings is 1. The molecule has 1 N–H and O–H groups in total. The molecule has 0 unspecified atom stereocenters. The molecule has 3 aromatic rings. The molecule has 4 nitrogen and oxygen atoms in total. The SMILES string of the molecule is Cc1csc(CCCCNC(=O)c2ccc(-c3ccccc3)nc2C)n1. The summed E-state index contributed by atoms with van der Waals surface area (Å²) in [6.07, 6.45) is 2.94. The Morgan fingerprint density at radius 3 is 2.54 bits per heavy atom. The number of nitrogens with zero attached hydrogens (tertiary/aromatic N) is 2. The molecule has 0 saturated heterocycles. The molecule has 3 rings (SSSR count). The molecule has 0 aliphatic rings. The van der Waals surface area contributed by atoms with E-state index in [9.17, 15) is 4.79 Å². The Labute approximate surface area is 158 Å².